The second-order valence-corrected chi connectivity index (χ2v) is 4.43. The molecule has 0 bridgehead atoms. The molecule has 1 amide bonds. The molecular formula is C15H20N2O. The van der Waals surface area contributed by atoms with Crippen molar-refractivity contribution in [1.29, 1.82) is 5.26 Å². The first-order valence-electron chi connectivity index (χ1n) is 6.40. The molecule has 0 heterocycles. The number of benzene rings is 1. The third-order valence-corrected chi connectivity index (χ3v) is 2.95. The van der Waals surface area contributed by atoms with Gasteiger partial charge in [0.15, 0.2) is 0 Å². The predicted molar refractivity (Wildman–Crippen MR) is 72.1 cm³/mol. The third kappa shape index (κ3) is 4.21. The van der Waals surface area contributed by atoms with Gasteiger partial charge in [0.2, 0.25) is 5.91 Å². The highest BCUT2D eigenvalue weighted by Gasteiger charge is 2.14. The Morgan fingerprint density at radius 3 is 2.78 bits per heavy atom. The number of hydrogen-bond donors (Lipinski definition) is 1. The van der Waals surface area contributed by atoms with Gasteiger partial charge in [-0.3, -0.25) is 4.79 Å². The first-order chi connectivity index (χ1) is 8.69. The zero-order valence-corrected chi connectivity index (χ0v) is 11.1. The normalized spacial score (nSPS) is 11.6. The van der Waals surface area contributed by atoms with Gasteiger partial charge in [-0.2, -0.15) is 5.26 Å². The molecule has 0 aliphatic carbocycles. The summed E-state index contributed by atoms with van der Waals surface area (Å²) >= 11 is 0. The van der Waals surface area contributed by atoms with E-state index in [1.54, 1.807) is 0 Å². The SMILES string of the molecule is CCCNC(=O)CCC(C#N)c1ccccc1C. The molecule has 0 spiro atoms. The number of nitrogens with one attached hydrogen (secondary N) is 1. The Bertz CT molecular complexity index is 434. The van der Waals surface area contributed by atoms with Gasteiger partial charge in [-0.15, -0.1) is 0 Å². The molecule has 0 aliphatic rings. The number of amides is 1. The van der Waals surface area contributed by atoms with Crippen LogP contribution in [0.15, 0.2) is 24.3 Å². The number of aryl methyl sites for hydroxylation is 1. The molecule has 0 aliphatic heterocycles. The Morgan fingerprint density at radius 2 is 2.17 bits per heavy atom. The Morgan fingerprint density at radius 1 is 1.44 bits per heavy atom. The summed E-state index contributed by atoms with van der Waals surface area (Å²) in [5.74, 6) is -0.163. The van der Waals surface area contributed by atoms with Crippen molar-refractivity contribution in [3.8, 4) is 6.07 Å². The van der Waals surface area contributed by atoms with Crippen molar-refractivity contribution in [3.63, 3.8) is 0 Å². The predicted octanol–water partition coefficient (Wildman–Crippen LogP) is 2.91. The Labute approximate surface area is 109 Å². The largest absolute Gasteiger partial charge is 0.356 e. The lowest BCUT2D eigenvalue weighted by atomic mass is 9.92. The number of nitriles is 1. The summed E-state index contributed by atoms with van der Waals surface area (Å²) in [4.78, 5) is 11.5. The number of carbonyl (C=O) groups is 1. The van der Waals surface area contributed by atoms with Crippen LogP contribution in [0, 0.1) is 18.3 Å². The van der Waals surface area contributed by atoms with Gasteiger partial charge in [0.05, 0.1) is 12.0 Å². The van der Waals surface area contributed by atoms with Crippen LogP contribution in [0.1, 0.15) is 43.2 Å². The van der Waals surface area contributed by atoms with Gasteiger partial charge in [0.1, 0.15) is 0 Å². The highest BCUT2D eigenvalue weighted by atomic mass is 16.1. The van der Waals surface area contributed by atoms with E-state index in [1.165, 1.54) is 0 Å². The van der Waals surface area contributed by atoms with E-state index in [0.29, 0.717) is 19.4 Å². The highest BCUT2D eigenvalue weighted by molar-refractivity contribution is 5.75. The van der Waals surface area contributed by atoms with Crippen molar-refractivity contribution in [3.05, 3.63) is 35.4 Å². The van der Waals surface area contributed by atoms with Crippen molar-refractivity contribution in [1.82, 2.24) is 5.32 Å². The zero-order chi connectivity index (χ0) is 13.4. The summed E-state index contributed by atoms with van der Waals surface area (Å²) < 4.78 is 0. The number of carbonyl (C=O) groups excluding carboxylic acids is 1. The molecule has 0 radical (unpaired) electrons. The van der Waals surface area contributed by atoms with E-state index in [1.807, 2.05) is 38.1 Å². The van der Waals surface area contributed by atoms with Gasteiger partial charge in [0.25, 0.3) is 0 Å². The van der Waals surface area contributed by atoms with Crippen molar-refractivity contribution in [2.75, 3.05) is 6.54 Å². The minimum atomic E-state index is -0.196. The fourth-order valence-corrected chi connectivity index (χ4v) is 1.90. The van der Waals surface area contributed by atoms with Crippen LogP contribution >= 0.6 is 0 Å². The molecule has 1 aromatic carbocycles. The average molecular weight is 244 g/mol. The summed E-state index contributed by atoms with van der Waals surface area (Å²) in [5.41, 5.74) is 2.14. The summed E-state index contributed by atoms with van der Waals surface area (Å²) in [7, 11) is 0. The second-order valence-electron chi connectivity index (χ2n) is 4.43. The zero-order valence-electron chi connectivity index (χ0n) is 11.1. The smallest absolute Gasteiger partial charge is 0.220 e. The van der Waals surface area contributed by atoms with Crippen molar-refractivity contribution < 1.29 is 4.79 Å². The van der Waals surface area contributed by atoms with Gasteiger partial charge in [-0.25, -0.2) is 0 Å². The molecule has 0 saturated heterocycles. The van der Waals surface area contributed by atoms with E-state index >= 15 is 0 Å². The van der Waals surface area contributed by atoms with E-state index in [4.69, 9.17) is 0 Å². The van der Waals surface area contributed by atoms with Crippen LogP contribution in [0.3, 0.4) is 0 Å². The molecule has 1 aromatic rings. The monoisotopic (exact) mass is 244 g/mol. The number of rotatable bonds is 6. The Hall–Kier alpha value is -1.82. The summed E-state index contributed by atoms with van der Waals surface area (Å²) in [6, 6.07) is 10.1. The highest BCUT2D eigenvalue weighted by Crippen LogP contribution is 2.23. The van der Waals surface area contributed by atoms with Crippen molar-refractivity contribution >= 4 is 5.91 Å². The molecule has 3 heteroatoms. The Balaban J connectivity index is 2.56. The molecule has 96 valence electrons. The molecule has 1 rings (SSSR count). The van der Waals surface area contributed by atoms with E-state index in [0.717, 1.165) is 17.5 Å². The molecule has 3 nitrogen and oxygen atoms in total. The van der Waals surface area contributed by atoms with E-state index < -0.39 is 0 Å². The molecule has 18 heavy (non-hydrogen) atoms. The maximum absolute atomic E-state index is 11.5. The first-order valence-corrected chi connectivity index (χ1v) is 6.40. The molecule has 0 saturated carbocycles. The maximum atomic E-state index is 11.5. The van der Waals surface area contributed by atoms with Gasteiger partial charge < -0.3 is 5.32 Å². The minimum Gasteiger partial charge on any atom is -0.356 e. The molecule has 0 fully saturated rings. The van der Waals surface area contributed by atoms with Crippen LogP contribution in [-0.4, -0.2) is 12.5 Å². The average Bonchev–Trinajstić information content (AvgIpc) is 2.39. The van der Waals surface area contributed by atoms with Crippen LogP contribution in [0.5, 0.6) is 0 Å². The Kier molecular flexibility index (Phi) is 5.93. The van der Waals surface area contributed by atoms with Crippen LogP contribution in [0.4, 0.5) is 0 Å². The van der Waals surface area contributed by atoms with Gasteiger partial charge in [-0.05, 0) is 30.9 Å². The standard InChI is InChI=1S/C15H20N2O/c1-3-10-17-15(18)9-8-13(11-16)14-7-5-4-6-12(14)2/h4-7,13H,3,8-10H2,1-2H3,(H,17,18). The second kappa shape index (κ2) is 7.50. The summed E-state index contributed by atoms with van der Waals surface area (Å²) in [5, 5.41) is 12.0. The molecule has 1 N–H and O–H groups in total. The minimum absolute atomic E-state index is 0.0330. The van der Waals surface area contributed by atoms with Crippen LogP contribution in [-0.2, 0) is 4.79 Å². The molecular weight excluding hydrogens is 224 g/mol. The van der Waals surface area contributed by atoms with Crippen LogP contribution in [0.2, 0.25) is 0 Å². The number of hydrogen-bond acceptors (Lipinski definition) is 2. The van der Waals surface area contributed by atoms with Crippen LogP contribution in [0.25, 0.3) is 0 Å². The quantitative estimate of drug-likeness (QED) is 0.836. The summed E-state index contributed by atoms with van der Waals surface area (Å²) in [6.45, 7) is 4.73. The molecule has 1 atom stereocenters. The van der Waals surface area contributed by atoms with E-state index in [2.05, 4.69) is 11.4 Å². The lowest BCUT2D eigenvalue weighted by Crippen LogP contribution is -2.24. The van der Waals surface area contributed by atoms with Crippen LogP contribution < -0.4 is 5.32 Å². The van der Waals surface area contributed by atoms with Crippen molar-refractivity contribution in [2.45, 2.75) is 39.0 Å². The van der Waals surface area contributed by atoms with Gasteiger partial charge in [-0.1, -0.05) is 31.2 Å². The lowest BCUT2D eigenvalue weighted by Gasteiger charge is -2.12. The molecule has 1 unspecified atom stereocenters. The maximum Gasteiger partial charge on any atom is 0.220 e. The molecule has 0 aromatic heterocycles. The van der Waals surface area contributed by atoms with E-state index in [-0.39, 0.29) is 11.8 Å². The topological polar surface area (TPSA) is 52.9 Å². The van der Waals surface area contributed by atoms with Crippen molar-refractivity contribution in [2.24, 2.45) is 0 Å². The van der Waals surface area contributed by atoms with Gasteiger partial charge in [0, 0.05) is 13.0 Å². The van der Waals surface area contributed by atoms with E-state index in [9.17, 15) is 10.1 Å². The third-order valence-electron chi connectivity index (χ3n) is 2.95. The lowest BCUT2D eigenvalue weighted by molar-refractivity contribution is -0.121. The first kappa shape index (κ1) is 14.2. The fraction of sp³-hybridized carbons (Fsp3) is 0.467. The number of nitrogens with zero attached hydrogens (tertiary/aromatic N) is 1. The van der Waals surface area contributed by atoms with Gasteiger partial charge >= 0.3 is 0 Å². The fourth-order valence-electron chi connectivity index (χ4n) is 1.90. The summed E-state index contributed by atoms with van der Waals surface area (Å²) in [6.07, 6.45) is 1.93.